The van der Waals surface area contributed by atoms with E-state index in [1.165, 1.54) is 18.4 Å². The fourth-order valence-electron chi connectivity index (χ4n) is 2.97. The summed E-state index contributed by atoms with van der Waals surface area (Å²) in [5.74, 6) is -0.508. The maximum Gasteiger partial charge on any atom is 0.357 e. The molecule has 3 heterocycles. The molecule has 0 unspecified atom stereocenters. The Hall–Kier alpha value is -2.84. The molecule has 0 spiro atoms. The van der Waals surface area contributed by atoms with Crippen molar-refractivity contribution in [1.29, 1.82) is 0 Å². The van der Waals surface area contributed by atoms with Gasteiger partial charge < -0.3 is 10.1 Å². The van der Waals surface area contributed by atoms with Crippen molar-refractivity contribution in [3.05, 3.63) is 69.5 Å². The number of benzene rings is 1. The van der Waals surface area contributed by atoms with E-state index in [1.54, 1.807) is 52.3 Å². The maximum atomic E-state index is 11.8. The number of carbonyl (C=O) groups excluding carboxylic acids is 1. The first kappa shape index (κ1) is 23.3. The van der Waals surface area contributed by atoms with Gasteiger partial charge >= 0.3 is 16.3 Å². The highest BCUT2D eigenvalue weighted by Gasteiger charge is 2.20. The van der Waals surface area contributed by atoms with Crippen LogP contribution >= 0.6 is 34.0 Å². The number of hydrogen-bond acceptors (Lipinski definition) is 10. The summed E-state index contributed by atoms with van der Waals surface area (Å²) in [6.45, 7) is 0. The van der Waals surface area contributed by atoms with Gasteiger partial charge in [0.2, 0.25) is 0 Å². The molecule has 0 aliphatic carbocycles. The lowest BCUT2D eigenvalue weighted by Gasteiger charge is -2.17. The fraction of sp³-hybridized carbons (Fsp3) is 0.150. The normalized spacial score (nSPS) is 12.3. The zero-order chi connectivity index (χ0) is 23.4. The number of nitrogens with zero attached hydrogens (tertiary/aromatic N) is 2. The van der Waals surface area contributed by atoms with E-state index in [-0.39, 0.29) is 17.4 Å². The second-order valence-corrected chi connectivity index (χ2v) is 10.6. The van der Waals surface area contributed by atoms with E-state index in [2.05, 4.69) is 10.3 Å². The molecule has 0 fully saturated rings. The van der Waals surface area contributed by atoms with E-state index >= 15 is 0 Å². The Kier molecular flexibility index (Phi) is 7.05. The minimum Gasteiger partial charge on any atom is -0.464 e. The molecule has 0 aliphatic heterocycles. The summed E-state index contributed by atoms with van der Waals surface area (Å²) in [7, 11) is -3.03. The highest BCUT2D eigenvalue weighted by molar-refractivity contribution is 7.87. The van der Waals surface area contributed by atoms with Gasteiger partial charge in [-0.3, -0.25) is 9.27 Å². The third-order valence-corrected chi connectivity index (χ3v) is 7.61. The molecule has 4 rings (SSSR count). The van der Waals surface area contributed by atoms with Crippen molar-refractivity contribution in [1.82, 2.24) is 9.97 Å². The molecule has 0 saturated heterocycles. The van der Waals surface area contributed by atoms with Crippen LogP contribution in [0.3, 0.4) is 0 Å². The van der Waals surface area contributed by atoms with Crippen molar-refractivity contribution >= 4 is 61.1 Å². The van der Waals surface area contributed by atoms with Crippen LogP contribution in [0.25, 0.3) is 9.88 Å². The standard InChI is InChI=1S/C20H18N4O5S4/c1-29-19(25)16-11-32-20(23-16)22-14(15-10-31-18(21-15)17-3-2-8-30-17)9-12-4-6-13(7-5-12)24-33(26,27)28/h2-8,10-11,14,24H,9H2,1H3,(H,22,23)(H,26,27,28)/t14-/m0/s1. The van der Waals surface area contributed by atoms with E-state index < -0.39 is 16.3 Å². The molecule has 1 atom stereocenters. The molecule has 3 N–H and O–H groups in total. The zero-order valence-corrected chi connectivity index (χ0v) is 20.4. The number of ether oxygens (including phenoxy) is 1. The minimum atomic E-state index is -4.34. The second kappa shape index (κ2) is 9.97. The van der Waals surface area contributed by atoms with Crippen LogP contribution in [0.2, 0.25) is 0 Å². The van der Waals surface area contributed by atoms with Crippen LogP contribution in [0.5, 0.6) is 0 Å². The largest absolute Gasteiger partial charge is 0.464 e. The smallest absolute Gasteiger partial charge is 0.357 e. The van der Waals surface area contributed by atoms with Gasteiger partial charge in [-0.05, 0) is 35.6 Å². The third kappa shape index (κ3) is 6.15. The van der Waals surface area contributed by atoms with E-state index in [4.69, 9.17) is 14.3 Å². The molecule has 172 valence electrons. The molecule has 0 amide bonds. The molecule has 0 bridgehead atoms. The zero-order valence-electron chi connectivity index (χ0n) is 17.1. The van der Waals surface area contributed by atoms with Crippen molar-refractivity contribution < 1.29 is 22.5 Å². The summed E-state index contributed by atoms with van der Waals surface area (Å²) >= 11 is 4.45. The summed E-state index contributed by atoms with van der Waals surface area (Å²) in [4.78, 5) is 21.9. The van der Waals surface area contributed by atoms with Gasteiger partial charge in [0.15, 0.2) is 10.8 Å². The molecule has 9 nitrogen and oxygen atoms in total. The molecule has 4 aromatic rings. The lowest BCUT2D eigenvalue weighted by molar-refractivity contribution is 0.0595. The Morgan fingerprint density at radius 2 is 1.91 bits per heavy atom. The first-order chi connectivity index (χ1) is 15.8. The van der Waals surface area contributed by atoms with E-state index in [1.807, 2.05) is 27.6 Å². The van der Waals surface area contributed by atoms with Crippen molar-refractivity contribution in [2.45, 2.75) is 12.5 Å². The Balaban J connectivity index is 1.58. The number of rotatable bonds is 9. The Morgan fingerprint density at radius 3 is 2.58 bits per heavy atom. The predicted octanol–water partition coefficient (Wildman–Crippen LogP) is 4.73. The number of methoxy groups -OCH3 is 1. The molecular weight excluding hydrogens is 505 g/mol. The van der Waals surface area contributed by atoms with Crippen LogP contribution in [0.1, 0.15) is 27.8 Å². The predicted molar refractivity (Wildman–Crippen MR) is 131 cm³/mol. The fourth-order valence-corrected chi connectivity index (χ4v) is 5.83. The average Bonchev–Trinajstić information content (AvgIpc) is 3.53. The lowest BCUT2D eigenvalue weighted by Crippen LogP contribution is -2.15. The first-order valence-electron chi connectivity index (χ1n) is 9.44. The molecular formula is C20H18N4O5S4. The van der Waals surface area contributed by atoms with Crippen LogP contribution in [0, 0.1) is 0 Å². The summed E-state index contributed by atoms with van der Waals surface area (Å²) in [5.41, 5.74) is 2.20. The molecule has 1 aromatic carbocycles. The minimum absolute atomic E-state index is 0.224. The number of hydrogen-bond donors (Lipinski definition) is 3. The Morgan fingerprint density at radius 1 is 1.12 bits per heavy atom. The third-order valence-electron chi connectivity index (χ3n) is 4.45. The molecule has 13 heteroatoms. The first-order valence-corrected chi connectivity index (χ1v) is 13.5. The van der Waals surface area contributed by atoms with Gasteiger partial charge in [0, 0.05) is 10.8 Å². The van der Waals surface area contributed by atoms with E-state index in [0.29, 0.717) is 11.6 Å². The van der Waals surface area contributed by atoms with Gasteiger partial charge in [0.25, 0.3) is 0 Å². The molecule has 0 radical (unpaired) electrons. The molecule has 0 saturated carbocycles. The number of nitrogens with one attached hydrogen (secondary N) is 2. The van der Waals surface area contributed by atoms with Gasteiger partial charge in [0.1, 0.15) is 5.01 Å². The van der Waals surface area contributed by atoms with Crippen LogP contribution in [-0.4, -0.2) is 36.0 Å². The van der Waals surface area contributed by atoms with Crippen molar-refractivity contribution in [2.75, 3.05) is 17.1 Å². The number of thiazole rings is 2. The number of aromatic nitrogens is 2. The summed E-state index contributed by atoms with van der Waals surface area (Å²) in [6.07, 6.45) is 0.521. The number of anilines is 2. The molecule has 33 heavy (non-hydrogen) atoms. The van der Waals surface area contributed by atoms with Crippen LogP contribution in [-0.2, 0) is 21.5 Å². The van der Waals surface area contributed by atoms with Gasteiger partial charge in [-0.1, -0.05) is 18.2 Å². The topological polar surface area (TPSA) is 131 Å². The van der Waals surface area contributed by atoms with E-state index in [0.717, 1.165) is 21.1 Å². The van der Waals surface area contributed by atoms with Crippen LogP contribution in [0.15, 0.2) is 52.5 Å². The van der Waals surface area contributed by atoms with Gasteiger partial charge in [-0.25, -0.2) is 14.8 Å². The highest BCUT2D eigenvalue weighted by Crippen LogP contribution is 2.32. The van der Waals surface area contributed by atoms with Gasteiger partial charge in [-0.15, -0.1) is 34.0 Å². The maximum absolute atomic E-state index is 11.8. The SMILES string of the molecule is COC(=O)c1csc(N[C@@H](Cc2ccc(NS(=O)(=O)O)cc2)c2csc(-c3cccs3)n2)n1. The summed E-state index contributed by atoms with van der Waals surface area (Å²) < 4.78 is 37.7. The monoisotopic (exact) mass is 522 g/mol. The quantitative estimate of drug-likeness (QED) is 0.213. The van der Waals surface area contributed by atoms with Crippen molar-refractivity contribution in [3.63, 3.8) is 0 Å². The summed E-state index contributed by atoms with van der Waals surface area (Å²) in [5, 5.41) is 10.4. The highest BCUT2D eigenvalue weighted by atomic mass is 32.2. The van der Waals surface area contributed by atoms with Crippen molar-refractivity contribution in [3.8, 4) is 9.88 Å². The lowest BCUT2D eigenvalue weighted by atomic mass is 10.0. The summed E-state index contributed by atoms with van der Waals surface area (Å²) in [6, 6.07) is 10.4. The number of carbonyl (C=O) groups is 1. The van der Waals surface area contributed by atoms with Crippen LogP contribution < -0.4 is 10.0 Å². The molecule has 3 aromatic heterocycles. The Labute approximate surface area is 202 Å². The second-order valence-electron chi connectivity index (χ2n) is 6.76. The molecule has 0 aliphatic rings. The number of esters is 1. The Bertz CT molecular complexity index is 1330. The van der Waals surface area contributed by atoms with Gasteiger partial charge in [-0.2, -0.15) is 8.42 Å². The van der Waals surface area contributed by atoms with E-state index in [9.17, 15) is 13.2 Å². The van der Waals surface area contributed by atoms with Crippen LogP contribution in [0.4, 0.5) is 10.8 Å². The van der Waals surface area contributed by atoms with Gasteiger partial charge in [0.05, 0.1) is 29.4 Å². The average molecular weight is 523 g/mol. The van der Waals surface area contributed by atoms with Crippen molar-refractivity contribution in [2.24, 2.45) is 0 Å². The number of thiophene rings is 1.